The van der Waals surface area contributed by atoms with Crippen molar-refractivity contribution in [1.29, 1.82) is 0 Å². The number of hydrogen-bond donors (Lipinski definition) is 1. The minimum absolute atomic E-state index is 0.456. The summed E-state index contributed by atoms with van der Waals surface area (Å²) in [7, 11) is 0. The fourth-order valence-electron chi connectivity index (χ4n) is 2.91. The third kappa shape index (κ3) is 7.49. The first kappa shape index (κ1) is 20.9. The molecule has 4 heteroatoms. The number of thiocarbonyl (C=S) groups is 1. The zero-order valence-electron chi connectivity index (χ0n) is 14.5. The number of unbranched alkanes of at least 4 members (excludes halogenated alkanes) is 6. The number of aryl methyl sites for hydroxylation is 1. The minimum Gasteiger partial charge on any atom is -0.659 e. The van der Waals surface area contributed by atoms with Gasteiger partial charge in [-0.25, -0.2) is 0 Å². The van der Waals surface area contributed by atoms with Crippen LogP contribution in [0.2, 0.25) is 0 Å². The predicted molar refractivity (Wildman–Crippen MR) is 114 cm³/mol. The topological polar surface area (TPSA) is 3.24 Å². The molecular formula is C19H30NS3-. The van der Waals surface area contributed by atoms with Crippen LogP contribution in [-0.4, -0.2) is 4.32 Å². The van der Waals surface area contributed by atoms with E-state index in [9.17, 15) is 0 Å². The summed E-state index contributed by atoms with van der Waals surface area (Å²) in [6, 6.07) is 6.45. The summed E-state index contributed by atoms with van der Waals surface area (Å²) in [6.07, 6.45) is 12.4. The molecule has 0 unspecified atom stereocenters. The SMILES string of the molecule is CCCCCCc1cccc(N([S-])C(=S)S)c1CCCCCC. The molecule has 0 spiro atoms. The van der Waals surface area contributed by atoms with Gasteiger partial charge < -0.3 is 17.1 Å². The van der Waals surface area contributed by atoms with Crippen LogP contribution >= 0.6 is 24.8 Å². The van der Waals surface area contributed by atoms with E-state index in [0.29, 0.717) is 4.32 Å². The molecule has 0 saturated heterocycles. The summed E-state index contributed by atoms with van der Waals surface area (Å²) < 4.78 is 2.08. The third-order valence-corrected chi connectivity index (χ3v) is 5.23. The highest BCUT2D eigenvalue weighted by Crippen LogP contribution is 2.28. The summed E-state index contributed by atoms with van der Waals surface area (Å²) in [5.41, 5.74) is 3.88. The van der Waals surface area contributed by atoms with Crippen molar-refractivity contribution in [3.63, 3.8) is 0 Å². The maximum atomic E-state index is 5.45. The van der Waals surface area contributed by atoms with Gasteiger partial charge in [0.1, 0.15) is 4.32 Å². The van der Waals surface area contributed by atoms with Crippen molar-refractivity contribution in [2.45, 2.75) is 78.1 Å². The second-order valence-electron chi connectivity index (χ2n) is 6.11. The van der Waals surface area contributed by atoms with Crippen molar-refractivity contribution in [3.05, 3.63) is 29.3 Å². The average Bonchev–Trinajstić information content (AvgIpc) is 2.55. The number of nitrogens with zero attached hydrogens (tertiary/aromatic N) is 1. The normalized spacial score (nSPS) is 10.8. The zero-order chi connectivity index (χ0) is 17.1. The lowest BCUT2D eigenvalue weighted by Crippen LogP contribution is -2.19. The minimum atomic E-state index is 0.456. The van der Waals surface area contributed by atoms with Crippen molar-refractivity contribution in [2.24, 2.45) is 0 Å². The molecule has 0 aliphatic rings. The van der Waals surface area contributed by atoms with Gasteiger partial charge in [-0.3, -0.25) is 0 Å². The number of hydrogen-bond acceptors (Lipinski definition) is 2. The van der Waals surface area contributed by atoms with Crippen LogP contribution in [0.15, 0.2) is 18.2 Å². The van der Waals surface area contributed by atoms with E-state index in [0.717, 1.165) is 18.5 Å². The Morgan fingerprint density at radius 3 is 2.17 bits per heavy atom. The zero-order valence-corrected chi connectivity index (χ0v) is 17.0. The first-order chi connectivity index (χ1) is 11.1. The maximum absolute atomic E-state index is 5.45. The van der Waals surface area contributed by atoms with Crippen LogP contribution in [0, 0.1) is 0 Å². The molecule has 0 amide bonds. The molecule has 0 aliphatic carbocycles. The van der Waals surface area contributed by atoms with Gasteiger partial charge in [-0.05, 0) is 42.9 Å². The van der Waals surface area contributed by atoms with E-state index in [2.05, 4.69) is 44.7 Å². The van der Waals surface area contributed by atoms with Crippen molar-refractivity contribution < 1.29 is 0 Å². The van der Waals surface area contributed by atoms with E-state index < -0.39 is 0 Å². The van der Waals surface area contributed by atoms with E-state index in [1.165, 1.54) is 62.5 Å². The monoisotopic (exact) mass is 368 g/mol. The molecule has 1 nitrogen and oxygen atoms in total. The Balaban J connectivity index is 2.88. The molecule has 0 saturated carbocycles. The molecule has 23 heavy (non-hydrogen) atoms. The fraction of sp³-hybridized carbons (Fsp3) is 0.632. The summed E-state index contributed by atoms with van der Waals surface area (Å²) in [4.78, 5) is 0. The molecule has 1 rings (SSSR count). The molecule has 1 aromatic rings. The molecule has 0 atom stereocenters. The van der Waals surface area contributed by atoms with Crippen LogP contribution in [0.5, 0.6) is 0 Å². The second kappa shape index (κ2) is 12.2. The van der Waals surface area contributed by atoms with E-state index in [1.807, 2.05) is 0 Å². The lowest BCUT2D eigenvalue weighted by molar-refractivity contribution is 0.651. The number of thiol groups is 1. The van der Waals surface area contributed by atoms with Gasteiger partial charge in [0.2, 0.25) is 0 Å². The van der Waals surface area contributed by atoms with E-state index >= 15 is 0 Å². The summed E-state index contributed by atoms with van der Waals surface area (Å²) in [5, 5.41) is 0. The Kier molecular flexibility index (Phi) is 11.1. The van der Waals surface area contributed by atoms with Gasteiger partial charge in [-0.2, -0.15) is 0 Å². The number of anilines is 1. The molecular weight excluding hydrogens is 338 g/mol. The Morgan fingerprint density at radius 1 is 1.00 bits per heavy atom. The Bertz CT molecular complexity index is 474. The average molecular weight is 369 g/mol. The fourth-order valence-corrected chi connectivity index (χ4v) is 3.29. The predicted octanol–water partition coefficient (Wildman–Crippen LogP) is 6.42. The van der Waals surface area contributed by atoms with Gasteiger partial charge in [0.05, 0.1) is 0 Å². The quantitative estimate of drug-likeness (QED) is 0.208. The first-order valence-corrected chi connectivity index (χ1v) is 10.1. The van der Waals surface area contributed by atoms with Crippen LogP contribution in [0.4, 0.5) is 5.69 Å². The molecule has 0 bridgehead atoms. The van der Waals surface area contributed by atoms with E-state index in [-0.39, 0.29) is 0 Å². The van der Waals surface area contributed by atoms with Crippen LogP contribution in [0.25, 0.3) is 0 Å². The van der Waals surface area contributed by atoms with Crippen LogP contribution in [-0.2, 0) is 25.7 Å². The van der Waals surface area contributed by atoms with Crippen LogP contribution in [0.3, 0.4) is 0 Å². The Labute approximate surface area is 159 Å². The molecule has 0 heterocycles. The molecule has 0 radical (unpaired) electrons. The van der Waals surface area contributed by atoms with E-state index in [4.69, 9.17) is 25.0 Å². The van der Waals surface area contributed by atoms with Crippen molar-refractivity contribution in [2.75, 3.05) is 4.31 Å². The van der Waals surface area contributed by atoms with Crippen LogP contribution in [0.1, 0.15) is 76.3 Å². The standard InChI is InChI=1S/C19H30NS3/c1-3-5-7-9-12-16-13-11-15-18(20(23)19(21)22)17(16)14-10-8-6-4-2/h11,13,15H,3-10,12,14H2,1-2H3,(H,21,22)/q-1. The molecule has 130 valence electrons. The molecule has 0 N–H and O–H groups in total. The second-order valence-corrected chi connectivity index (χ2v) is 7.59. The first-order valence-electron chi connectivity index (χ1n) is 8.92. The molecule has 1 aromatic carbocycles. The van der Waals surface area contributed by atoms with Gasteiger partial charge in [0.25, 0.3) is 0 Å². The summed E-state index contributed by atoms with van der Waals surface area (Å²) in [5.74, 6) is 0. The molecule has 0 fully saturated rings. The maximum Gasteiger partial charge on any atom is 0.115 e. The Hall–Kier alpha value is -0.190. The summed E-state index contributed by atoms with van der Waals surface area (Å²) in [6.45, 7) is 4.50. The van der Waals surface area contributed by atoms with Gasteiger partial charge in [-0.1, -0.05) is 76.7 Å². The highest BCUT2D eigenvalue weighted by Gasteiger charge is 2.10. The van der Waals surface area contributed by atoms with Gasteiger partial charge in [-0.15, -0.1) is 12.6 Å². The third-order valence-electron chi connectivity index (χ3n) is 4.22. The van der Waals surface area contributed by atoms with Gasteiger partial charge >= 0.3 is 0 Å². The molecule has 0 aromatic heterocycles. The van der Waals surface area contributed by atoms with Gasteiger partial charge in [0.15, 0.2) is 0 Å². The summed E-state index contributed by atoms with van der Waals surface area (Å²) >= 11 is 14.9. The Morgan fingerprint density at radius 2 is 1.61 bits per heavy atom. The van der Waals surface area contributed by atoms with Crippen molar-refractivity contribution in [3.8, 4) is 0 Å². The van der Waals surface area contributed by atoms with Crippen LogP contribution < -0.4 is 4.31 Å². The van der Waals surface area contributed by atoms with Crippen molar-refractivity contribution in [1.82, 2.24) is 0 Å². The smallest absolute Gasteiger partial charge is 0.115 e. The highest BCUT2D eigenvalue weighted by molar-refractivity contribution is 8.12. The number of rotatable bonds is 11. The molecule has 0 aliphatic heterocycles. The largest absolute Gasteiger partial charge is 0.659 e. The van der Waals surface area contributed by atoms with Gasteiger partial charge in [0, 0.05) is 5.69 Å². The lowest BCUT2D eigenvalue weighted by Gasteiger charge is -2.33. The lowest BCUT2D eigenvalue weighted by atomic mass is 9.95. The van der Waals surface area contributed by atoms with E-state index in [1.54, 1.807) is 4.31 Å². The highest BCUT2D eigenvalue weighted by atomic mass is 32.1. The van der Waals surface area contributed by atoms with Crippen molar-refractivity contribution >= 4 is 47.7 Å². The number of benzene rings is 1.